The quantitative estimate of drug-likeness (QED) is 0.745. The van der Waals surface area contributed by atoms with Crippen molar-refractivity contribution in [2.45, 2.75) is 58.2 Å². The van der Waals surface area contributed by atoms with Crippen molar-refractivity contribution in [2.24, 2.45) is 0 Å². The summed E-state index contributed by atoms with van der Waals surface area (Å²) >= 11 is 0. The van der Waals surface area contributed by atoms with E-state index in [9.17, 15) is 0 Å². The number of benzene rings is 2. The van der Waals surface area contributed by atoms with Gasteiger partial charge in [-0.25, -0.2) is 4.58 Å². The van der Waals surface area contributed by atoms with Gasteiger partial charge in [0, 0.05) is 25.3 Å². The smallest absolute Gasteiger partial charge is 0.253 e. The number of para-hydroxylation sites is 1. The zero-order chi connectivity index (χ0) is 16.5. The van der Waals surface area contributed by atoms with Gasteiger partial charge >= 0.3 is 0 Å². The summed E-state index contributed by atoms with van der Waals surface area (Å²) in [6, 6.07) is 18.4. The number of nitrogens with zero attached hydrogens (tertiary/aromatic N) is 1. The normalized spacial score (nSPS) is 21.3. The average Bonchev–Trinajstić information content (AvgIpc) is 2.63. The molecule has 24 heavy (non-hydrogen) atoms. The van der Waals surface area contributed by atoms with Crippen LogP contribution in [0.3, 0.4) is 0 Å². The summed E-state index contributed by atoms with van der Waals surface area (Å²) in [5, 5.41) is 3.82. The van der Waals surface area contributed by atoms with Crippen molar-refractivity contribution in [1.82, 2.24) is 0 Å². The summed E-state index contributed by atoms with van der Waals surface area (Å²) in [5.74, 6) is 0. The van der Waals surface area contributed by atoms with Crippen molar-refractivity contribution in [3.63, 3.8) is 0 Å². The van der Waals surface area contributed by atoms with Crippen molar-refractivity contribution >= 4 is 11.4 Å². The van der Waals surface area contributed by atoms with Crippen LogP contribution in [0.4, 0.5) is 5.69 Å². The Morgan fingerprint density at radius 3 is 2.33 bits per heavy atom. The molecule has 1 unspecified atom stereocenters. The second kappa shape index (κ2) is 6.43. The summed E-state index contributed by atoms with van der Waals surface area (Å²) in [7, 11) is 0. The average molecular weight is 319 g/mol. The van der Waals surface area contributed by atoms with Gasteiger partial charge < -0.3 is 5.32 Å². The van der Waals surface area contributed by atoms with Crippen LogP contribution < -0.4 is 5.32 Å². The number of anilines is 1. The number of hydrogen-bond donors (Lipinski definition) is 1. The molecule has 0 amide bonds. The molecular weight excluding hydrogens is 292 g/mol. The first kappa shape index (κ1) is 15.4. The molecule has 1 N–H and O–H groups in total. The van der Waals surface area contributed by atoms with Crippen LogP contribution in [0.25, 0.3) is 0 Å². The lowest BCUT2D eigenvalue weighted by Gasteiger charge is -2.32. The second-order valence-corrected chi connectivity index (χ2v) is 7.29. The van der Waals surface area contributed by atoms with Crippen molar-refractivity contribution in [1.29, 1.82) is 0 Å². The van der Waals surface area contributed by atoms with Gasteiger partial charge in [0.15, 0.2) is 11.8 Å². The van der Waals surface area contributed by atoms with Crippen LogP contribution in [0.1, 0.15) is 61.9 Å². The lowest BCUT2D eigenvalue weighted by atomic mass is 9.92. The molecule has 0 spiro atoms. The first-order valence-electron chi connectivity index (χ1n) is 9.28. The van der Waals surface area contributed by atoms with Gasteiger partial charge in [-0.2, -0.15) is 0 Å². The topological polar surface area (TPSA) is 15.0 Å². The molecule has 0 radical (unpaired) electrons. The molecule has 1 heterocycles. The monoisotopic (exact) mass is 319 g/mol. The van der Waals surface area contributed by atoms with Gasteiger partial charge in [-0.15, -0.1) is 0 Å². The van der Waals surface area contributed by atoms with E-state index in [1.165, 1.54) is 60.2 Å². The fraction of sp³-hybridized carbons (Fsp3) is 0.409. The van der Waals surface area contributed by atoms with E-state index in [0.717, 1.165) is 0 Å². The summed E-state index contributed by atoms with van der Waals surface area (Å²) in [5.41, 5.74) is 6.71. The molecule has 1 fully saturated rings. The summed E-state index contributed by atoms with van der Waals surface area (Å²) in [6.07, 6.45) is 6.96. The summed E-state index contributed by atoms with van der Waals surface area (Å²) in [6.45, 7) is 4.46. The lowest BCUT2D eigenvalue weighted by molar-refractivity contribution is -0.605. The molecule has 2 aromatic carbocycles. The molecule has 0 bridgehead atoms. The molecule has 1 saturated carbocycles. The molecule has 2 nitrogen and oxygen atoms in total. The highest BCUT2D eigenvalue weighted by atomic mass is 15.2. The molecule has 124 valence electrons. The minimum Gasteiger partial charge on any atom is -0.323 e. The number of hydrogen-bond acceptors (Lipinski definition) is 1. The van der Waals surface area contributed by atoms with Crippen LogP contribution in [-0.2, 0) is 0 Å². The van der Waals surface area contributed by atoms with Crippen LogP contribution >= 0.6 is 0 Å². The third kappa shape index (κ3) is 2.75. The van der Waals surface area contributed by atoms with Crippen LogP contribution in [-0.4, -0.2) is 16.3 Å². The highest BCUT2D eigenvalue weighted by Gasteiger charge is 2.37. The fourth-order valence-corrected chi connectivity index (χ4v) is 4.31. The first-order valence-corrected chi connectivity index (χ1v) is 9.28. The van der Waals surface area contributed by atoms with Gasteiger partial charge in [-0.1, -0.05) is 48.4 Å². The zero-order valence-corrected chi connectivity index (χ0v) is 14.8. The Hall–Kier alpha value is -2.09. The highest BCUT2D eigenvalue weighted by molar-refractivity contribution is 6.01. The maximum atomic E-state index is 3.82. The van der Waals surface area contributed by atoms with Gasteiger partial charge in [-0.3, -0.25) is 0 Å². The third-order valence-corrected chi connectivity index (χ3v) is 5.64. The molecule has 0 aromatic heterocycles. The molecule has 1 aliphatic heterocycles. The van der Waals surface area contributed by atoms with Crippen molar-refractivity contribution in [2.75, 3.05) is 5.32 Å². The molecule has 2 aromatic rings. The predicted octanol–water partition coefficient (Wildman–Crippen LogP) is 5.27. The Morgan fingerprint density at radius 2 is 1.58 bits per heavy atom. The highest BCUT2D eigenvalue weighted by Crippen LogP contribution is 2.34. The minimum atomic E-state index is 0.239. The van der Waals surface area contributed by atoms with E-state index in [1.807, 2.05) is 0 Å². The SMILES string of the molecule is CC1=[N+](C2CCCCC2)C(c2ccc(C)cc2)Nc2ccccc21. The maximum Gasteiger partial charge on any atom is 0.253 e. The maximum absolute atomic E-state index is 3.82. The van der Waals surface area contributed by atoms with Crippen LogP contribution in [0.2, 0.25) is 0 Å². The van der Waals surface area contributed by atoms with Crippen LogP contribution in [0.15, 0.2) is 48.5 Å². The summed E-state index contributed by atoms with van der Waals surface area (Å²) in [4.78, 5) is 0. The Morgan fingerprint density at radius 1 is 0.875 bits per heavy atom. The van der Waals surface area contributed by atoms with Crippen LogP contribution in [0, 0.1) is 6.92 Å². The molecule has 1 atom stereocenters. The zero-order valence-electron chi connectivity index (χ0n) is 14.8. The molecular formula is C22H27N2+. The van der Waals surface area contributed by atoms with Gasteiger partial charge in [0.2, 0.25) is 0 Å². The number of nitrogens with one attached hydrogen (secondary N) is 1. The van der Waals surface area contributed by atoms with E-state index in [0.29, 0.717) is 6.04 Å². The van der Waals surface area contributed by atoms with Crippen molar-refractivity contribution < 1.29 is 4.58 Å². The number of aryl methyl sites for hydroxylation is 1. The predicted molar refractivity (Wildman–Crippen MR) is 101 cm³/mol. The van der Waals surface area contributed by atoms with E-state index in [2.05, 4.69) is 72.3 Å². The first-order chi connectivity index (χ1) is 11.7. The van der Waals surface area contributed by atoms with E-state index < -0.39 is 0 Å². The Kier molecular flexibility index (Phi) is 4.13. The second-order valence-electron chi connectivity index (χ2n) is 7.29. The van der Waals surface area contributed by atoms with Crippen molar-refractivity contribution in [3.8, 4) is 0 Å². The fourth-order valence-electron chi connectivity index (χ4n) is 4.31. The molecule has 2 heteroatoms. The Bertz CT molecular complexity index is 752. The van der Waals surface area contributed by atoms with Crippen molar-refractivity contribution in [3.05, 3.63) is 65.2 Å². The lowest BCUT2D eigenvalue weighted by Crippen LogP contribution is -2.42. The Balaban J connectivity index is 1.82. The molecule has 4 rings (SSSR count). The molecule has 0 saturated heterocycles. The largest absolute Gasteiger partial charge is 0.323 e. The standard InChI is InChI=1S/C22H26N2/c1-16-12-14-18(15-13-16)22-23-21-11-7-6-10-20(21)17(2)24(22)19-8-4-3-5-9-19/h6-7,10-15,19,22H,3-5,8-9H2,1-2H3/p+1. The van der Waals surface area contributed by atoms with Gasteiger partial charge in [-0.05, 0) is 31.9 Å². The van der Waals surface area contributed by atoms with E-state index in [4.69, 9.17) is 0 Å². The molecule has 2 aliphatic rings. The Labute approximate surface area is 145 Å². The van der Waals surface area contributed by atoms with E-state index in [-0.39, 0.29) is 6.17 Å². The summed E-state index contributed by atoms with van der Waals surface area (Å²) < 4.78 is 2.66. The van der Waals surface area contributed by atoms with E-state index >= 15 is 0 Å². The third-order valence-electron chi connectivity index (χ3n) is 5.64. The molecule has 1 aliphatic carbocycles. The number of fused-ring (bicyclic) bond motifs is 1. The van der Waals surface area contributed by atoms with Gasteiger partial charge in [0.1, 0.15) is 0 Å². The number of rotatable bonds is 2. The minimum absolute atomic E-state index is 0.239. The van der Waals surface area contributed by atoms with Gasteiger partial charge in [0.05, 0.1) is 11.3 Å². The van der Waals surface area contributed by atoms with Gasteiger partial charge in [0.25, 0.3) is 6.17 Å². The van der Waals surface area contributed by atoms with E-state index in [1.54, 1.807) is 0 Å². The van der Waals surface area contributed by atoms with Crippen LogP contribution in [0.5, 0.6) is 0 Å².